The summed E-state index contributed by atoms with van der Waals surface area (Å²) in [5.74, 6) is 3.67. The van der Waals surface area contributed by atoms with Crippen molar-refractivity contribution in [1.82, 2.24) is 0 Å². The summed E-state index contributed by atoms with van der Waals surface area (Å²) < 4.78 is 0. The van der Waals surface area contributed by atoms with Gasteiger partial charge < -0.3 is 0 Å². The van der Waals surface area contributed by atoms with Crippen molar-refractivity contribution in [2.24, 2.45) is 23.7 Å². The minimum absolute atomic E-state index is 0.513. The lowest BCUT2D eigenvalue weighted by Gasteiger charge is -2.32. The van der Waals surface area contributed by atoms with Gasteiger partial charge in [-0.2, -0.15) is 0 Å². The molecule has 0 spiro atoms. The van der Waals surface area contributed by atoms with Gasteiger partial charge in [0.15, 0.2) is 0 Å². The highest BCUT2D eigenvalue weighted by molar-refractivity contribution is 5.83. The zero-order valence-electron chi connectivity index (χ0n) is 6.75. The van der Waals surface area contributed by atoms with E-state index in [1.54, 1.807) is 0 Å². The summed E-state index contributed by atoms with van der Waals surface area (Å²) >= 11 is 0. The maximum Gasteiger partial charge on any atom is 0.136 e. The third-order valence-corrected chi connectivity index (χ3v) is 4.00. The first-order valence-electron chi connectivity index (χ1n) is 4.85. The summed E-state index contributed by atoms with van der Waals surface area (Å²) in [6, 6.07) is 0. The molecule has 0 radical (unpaired) electrons. The lowest BCUT2D eigenvalue weighted by Crippen LogP contribution is -2.30. The van der Waals surface area contributed by atoms with Crippen LogP contribution in [0.15, 0.2) is 0 Å². The fourth-order valence-corrected chi connectivity index (χ4v) is 3.69. The van der Waals surface area contributed by atoms with E-state index in [9.17, 15) is 4.79 Å². The Morgan fingerprint density at radius 1 is 1.00 bits per heavy atom. The van der Waals surface area contributed by atoms with E-state index in [0.717, 1.165) is 24.2 Å². The van der Waals surface area contributed by atoms with Crippen molar-refractivity contribution in [1.29, 1.82) is 0 Å². The predicted molar refractivity (Wildman–Crippen MR) is 42.1 cm³/mol. The Morgan fingerprint density at radius 3 is 2.73 bits per heavy atom. The third kappa shape index (κ3) is 0.743. The van der Waals surface area contributed by atoms with E-state index in [0.29, 0.717) is 11.7 Å². The van der Waals surface area contributed by atoms with Crippen LogP contribution in [0.2, 0.25) is 0 Å². The van der Waals surface area contributed by atoms with Crippen molar-refractivity contribution in [2.45, 2.75) is 32.1 Å². The van der Waals surface area contributed by atoms with Crippen LogP contribution < -0.4 is 0 Å². The number of carbonyl (C=O) groups excluding carboxylic acids is 1. The molecule has 0 aromatic heterocycles. The molecule has 3 fully saturated rings. The second-order valence-corrected chi connectivity index (χ2v) is 4.71. The van der Waals surface area contributed by atoms with E-state index in [2.05, 4.69) is 0 Å². The van der Waals surface area contributed by atoms with Crippen LogP contribution >= 0.6 is 0 Å². The predicted octanol–water partition coefficient (Wildman–Crippen LogP) is 2.01. The second-order valence-electron chi connectivity index (χ2n) is 4.71. The van der Waals surface area contributed by atoms with Crippen molar-refractivity contribution in [3.8, 4) is 0 Å². The van der Waals surface area contributed by atoms with E-state index in [1.807, 2.05) is 0 Å². The zero-order valence-corrected chi connectivity index (χ0v) is 6.75. The van der Waals surface area contributed by atoms with Crippen LogP contribution in [0.25, 0.3) is 0 Å². The van der Waals surface area contributed by atoms with Gasteiger partial charge in [0.1, 0.15) is 5.78 Å². The van der Waals surface area contributed by atoms with E-state index in [4.69, 9.17) is 0 Å². The molecular weight excluding hydrogens is 136 g/mol. The maximum absolute atomic E-state index is 11.5. The molecule has 4 atom stereocenters. The molecule has 0 N–H and O–H groups in total. The first kappa shape index (κ1) is 6.22. The number of fused-ring (bicyclic) bond motifs is 2. The van der Waals surface area contributed by atoms with Crippen molar-refractivity contribution in [3.05, 3.63) is 0 Å². The molecule has 0 aliphatic heterocycles. The van der Waals surface area contributed by atoms with Gasteiger partial charge in [0.2, 0.25) is 0 Å². The molecule has 11 heavy (non-hydrogen) atoms. The molecule has 1 heteroatoms. The fraction of sp³-hybridized carbons (Fsp3) is 0.900. The summed E-state index contributed by atoms with van der Waals surface area (Å²) in [5.41, 5.74) is 0. The number of carbonyl (C=O) groups is 1. The number of rotatable bonds is 0. The van der Waals surface area contributed by atoms with E-state index < -0.39 is 0 Å². The molecule has 3 aliphatic carbocycles. The SMILES string of the molecule is O=C1C[C@H]2C[C@@H]3C[C@H](C2)[C@H]1C3. The number of hydrogen-bond donors (Lipinski definition) is 0. The average Bonchev–Trinajstić information content (AvgIpc) is 2.19. The maximum atomic E-state index is 11.5. The van der Waals surface area contributed by atoms with Gasteiger partial charge in [-0.15, -0.1) is 0 Å². The molecule has 3 rings (SSSR count). The normalized spacial score (nSPS) is 53.6. The average molecular weight is 150 g/mol. The fourth-order valence-electron chi connectivity index (χ4n) is 3.69. The molecule has 60 valence electrons. The largest absolute Gasteiger partial charge is 0.299 e. The van der Waals surface area contributed by atoms with Crippen molar-refractivity contribution < 1.29 is 4.79 Å². The first-order valence-corrected chi connectivity index (χ1v) is 4.85. The molecule has 0 saturated heterocycles. The van der Waals surface area contributed by atoms with E-state index in [1.165, 1.54) is 25.7 Å². The summed E-state index contributed by atoms with van der Waals surface area (Å²) in [6.45, 7) is 0. The van der Waals surface area contributed by atoms with E-state index in [-0.39, 0.29) is 0 Å². The van der Waals surface area contributed by atoms with Crippen LogP contribution in [0.5, 0.6) is 0 Å². The molecule has 0 amide bonds. The smallest absolute Gasteiger partial charge is 0.136 e. The Kier molecular flexibility index (Phi) is 1.06. The highest BCUT2D eigenvalue weighted by Gasteiger charge is 2.48. The Balaban J connectivity index is 2.00. The van der Waals surface area contributed by atoms with E-state index >= 15 is 0 Å². The number of Topliss-reactive ketones (excluding diaryl/α,β-unsaturated/α-hetero) is 1. The first-order chi connectivity index (χ1) is 5.33. The minimum Gasteiger partial charge on any atom is -0.299 e. The van der Waals surface area contributed by atoms with Crippen molar-refractivity contribution in [3.63, 3.8) is 0 Å². The van der Waals surface area contributed by atoms with Crippen LogP contribution in [0.4, 0.5) is 0 Å². The Labute approximate surface area is 67.2 Å². The van der Waals surface area contributed by atoms with Crippen LogP contribution in [-0.4, -0.2) is 5.78 Å². The molecule has 0 aromatic carbocycles. The summed E-state index contributed by atoms with van der Waals surface area (Å²) in [7, 11) is 0. The van der Waals surface area contributed by atoms with Gasteiger partial charge in [0.05, 0.1) is 0 Å². The summed E-state index contributed by atoms with van der Waals surface area (Å²) in [4.78, 5) is 11.5. The third-order valence-electron chi connectivity index (χ3n) is 4.00. The van der Waals surface area contributed by atoms with Gasteiger partial charge in [-0.3, -0.25) is 4.79 Å². The summed E-state index contributed by atoms with van der Waals surface area (Å²) in [5, 5.41) is 0. The Bertz CT molecular complexity index is 207. The van der Waals surface area contributed by atoms with Crippen LogP contribution in [-0.2, 0) is 4.79 Å². The standard InChI is InChI=1S/C10H14O/c11-10-5-7-1-6-2-8(3-7)9(10)4-6/h6-9H,1-5H2/t6-,7+,8-,9-/m1/s1. The van der Waals surface area contributed by atoms with Crippen molar-refractivity contribution >= 4 is 5.78 Å². The van der Waals surface area contributed by atoms with Crippen molar-refractivity contribution in [2.75, 3.05) is 0 Å². The lowest BCUT2D eigenvalue weighted by atomic mass is 9.72. The molecule has 1 nitrogen and oxygen atoms in total. The van der Waals surface area contributed by atoms with Crippen LogP contribution in [0.1, 0.15) is 32.1 Å². The number of hydrogen-bond acceptors (Lipinski definition) is 1. The molecule has 0 unspecified atom stereocenters. The second kappa shape index (κ2) is 1.88. The van der Waals surface area contributed by atoms with Gasteiger partial charge in [0, 0.05) is 12.3 Å². The monoisotopic (exact) mass is 150 g/mol. The molecular formula is C10H14O. The highest BCUT2D eigenvalue weighted by Crippen LogP contribution is 2.53. The van der Waals surface area contributed by atoms with Gasteiger partial charge in [0.25, 0.3) is 0 Å². The van der Waals surface area contributed by atoms with Gasteiger partial charge in [-0.25, -0.2) is 0 Å². The molecule has 0 heterocycles. The topological polar surface area (TPSA) is 17.1 Å². The molecule has 3 saturated carbocycles. The molecule has 0 aromatic rings. The minimum atomic E-state index is 0.513. The lowest BCUT2D eigenvalue weighted by molar-refractivity contribution is -0.127. The quantitative estimate of drug-likeness (QED) is 0.516. The van der Waals surface area contributed by atoms with Gasteiger partial charge in [-0.05, 0) is 43.4 Å². The van der Waals surface area contributed by atoms with Gasteiger partial charge >= 0.3 is 0 Å². The Hall–Kier alpha value is -0.330. The van der Waals surface area contributed by atoms with Crippen LogP contribution in [0.3, 0.4) is 0 Å². The van der Waals surface area contributed by atoms with Gasteiger partial charge in [-0.1, -0.05) is 0 Å². The summed E-state index contributed by atoms with van der Waals surface area (Å²) in [6.07, 6.45) is 6.32. The highest BCUT2D eigenvalue weighted by atomic mass is 16.1. The van der Waals surface area contributed by atoms with Crippen LogP contribution in [0, 0.1) is 23.7 Å². The molecule has 3 aliphatic rings. The Morgan fingerprint density at radius 2 is 1.82 bits per heavy atom. The molecule has 3 bridgehead atoms. The zero-order chi connectivity index (χ0) is 7.42. The number of ketones is 1.